The third kappa shape index (κ3) is 5.16. The lowest BCUT2D eigenvalue weighted by molar-refractivity contribution is -0.117. The number of nitrogens with one attached hydrogen (secondary N) is 1. The Hall–Kier alpha value is -1.83. The van der Waals surface area contributed by atoms with Crippen molar-refractivity contribution < 1.29 is 4.79 Å². The van der Waals surface area contributed by atoms with Crippen LogP contribution >= 0.6 is 0 Å². The average molecular weight is 229 g/mol. The van der Waals surface area contributed by atoms with E-state index < -0.39 is 0 Å². The second kappa shape index (κ2) is 7.44. The van der Waals surface area contributed by atoms with Crippen molar-refractivity contribution in [2.45, 2.75) is 25.3 Å². The van der Waals surface area contributed by atoms with Gasteiger partial charge in [-0.25, -0.2) is 0 Å². The molecule has 1 rings (SSSR count). The van der Waals surface area contributed by atoms with Crippen LogP contribution in [0, 0.1) is 0 Å². The van der Waals surface area contributed by atoms with E-state index in [0.29, 0.717) is 0 Å². The number of carbonyl (C=O) groups excluding carboxylic acids is 1. The minimum absolute atomic E-state index is 0.120. The fourth-order valence-corrected chi connectivity index (χ4v) is 1.70. The molecule has 1 N–H and O–H groups in total. The van der Waals surface area contributed by atoms with Crippen LogP contribution in [0.2, 0.25) is 0 Å². The Morgan fingerprint density at radius 2 is 2.00 bits per heavy atom. The maximum atomic E-state index is 11.2. The molecule has 1 aromatic rings. The van der Waals surface area contributed by atoms with E-state index >= 15 is 0 Å². The van der Waals surface area contributed by atoms with E-state index in [1.54, 1.807) is 0 Å². The van der Waals surface area contributed by atoms with Gasteiger partial charge in [0.15, 0.2) is 0 Å². The molecule has 0 bridgehead atoms. The lowest BCUT2D eigenvalue weighted by Crippen LogP contribution is -2.33. The van der Waals surface area contributed by atoms with E-state index in [9.17, 15) is 4.79 Å². The van der Waals surface area contributed by atoms with Gasteiger partial charge in [0.05, 0.1) is 0 Å². The minimum atomic E-state index is -0.120. The Morgan fingerprint density at radius 1 is 1.29 bits per heavy atom. The third-order valence-electron chi connectivity index (χ3n) is 2.61. The van der Waals surface area contributed by atoms with Gasteiger partial charge in [0, 0.05) is 6.04 Å². The van der Waals surface area contributed by atoms with E-state index in [1.165, 1.54) is 11.6 Å². The van der Waals surface area contributed by atoms with Crippen LogP contribution < -0.4 is 5.32 Å². The van der Waals surface area contributed by atoms with Crippen molar-refractivity contribution >= 4 is 5.91 Å². The zero-order valence-corrected chi connectivity index (χ0v) is 10.1. The quantitative estimate of drug-likeness (QED) is 0.565. The molecule has 17 heavy (non-hydrogen) atoms. The number of aryl methyl sites for hydroxylation is 1. The van der Waals surface area contributed by atoms with Crippen LogP contribution in [0.3, 0.4) is 0 Å². The standard InChI is InChI=1S/C15H19NO/c1-3-8-14(16-15(17)4-2)12-11-13-9-6-5-7-10-13/h3-7,9-10,14H,1-2,8,11-12H2,(H,16,17). The highest BCUT2D eigenvalue weighted by Crippen LogP contribution is 2.07. The van der Waals surface area contributed by atoms with E-state index in [-0.39, 0.29) is 11.9 Å². The summed E-state index contributed by atoms with van der Waals surface area (Å²) in [4.78, 5) is 11.2. The molecule has 1 aromatic carbocycles. The molecule has 0 aliphatic carbocycles. The monoisotopic (exact) mass is 229 g/mol. The molecule has 0 aromatic heterocycles. The highest BCUT2D eigenvalue weighted by Gasteiger charge is 2.08. The van der Waals surface area contributed by atoms with Gasteiger partial charge in [-0.15, -0.1) is 6.58 Å². The first-order valence-corrected chi connectivity index (χ1v) is 5.84. The molecule has 0 aliphatic rings. The molecule has 0 fully saturated rings. The van der Waals surface area contributed by atoms with Crippen molar-refractivity contribution in [1.82, 2.24) is 5.32 Å². The van der Waals surface area contributed by atoms with Crippen molar-refractivity contribution in [2.75, 3.05) is 0 Å². The van der Waals surface area contributed by atoms with Crippen LogP contribution in [-0.4, -0.2) is 11.9 Å². The van der Waals surface area contributed by atoms with Crippen LogP contribution in [0.4, 0.5) is 0 Å². The summed E-state index contributed by atoms with van der Waals surface area (Å²) < 4.78 is 0. The molecule has 1 amide bonds. The summed E-state index contributed by atoms with van der Waals surface area (Å²) in [5, 5.41) is 2.91. The number of amides is 1. The SMILES string of the molecule is C=CCC(CCc1ccccc1)NC(=O)C=C. The summed E-state index contributed by atoms with van der Waals surface area (Å²) in [5.41, 5.74) is 1.29. The molecule has 0 saturated carbocycles. The Bertz CT molecular complexity index is 370. The van der Waals surface area contributed by atoms with Crippen molar-refractivity contribution in [1.29, 1.82) is 0 Å². The number of hydrogen-bond donors (Lipinski definition) is 1. The molecule has 0 heterocycles. The highest BCUT2D eigenvalue weighted by atomic mass is 16.1. The Kier molecular flexibility index (Phi) is 5.80. The topological polar surface area (TPSA) is 29.1 Å². The summed E-state index contributed by atoms with van der Waals surface area (Å²) in [6, 6.07) is 10.4. The predicted molar refractivity (Wildman–Crippen MR) is 71.7 cm³/mol. The van der Waals surface area contributed by atoms with Crippen molar-refractivity contribution in [3.8, 4) is 0 Å². The lowest BCUT2D eigenvalue weighted by Gasteiger charge is -2.16. The van der Waals surface area contributed by atoms with E-state index in [4.69, 9.17) is 0 Å². The van der Waals surface area contributed by atoms with E-state index in [1.807, 2.05) is 24.3 Å². The maximum absolute atomic E-state index is 11.2. The van der Waals surface area contributed by atoms with Gasteiger partial charge in [0.1, 0.15) is 0 Å². The fourth-order valence-electron chi connectivity index (χ4n) is 1.70. The zero-order chi connectivity index (χ0) is 12.5. The first-order chi connectivity index (χ1) is 8.26. The van der Waals surface area contributed by atoms with Gasteiger partial charge in [0.2, 0.25) is 5.91 Å². The van der Waals surface area contributed by atoms with Crippen LogP contribution in [0.1, 0.15) is 18.4 Å². The number of rotatable bonds is 7. The number of carbonyl (C=O) groups is 1. The summed E-state index contributed by atoms with van der Waals surface area (Å²) >= 11 is 0. The molecule has 0 aliphatic heterocycles. The smallest absolute Gasteiger partial charge is 0.243 e. The fraction of sp³-hybridized carbons (Fsp3) is 0.267. The first kappa shape index (κ1) is 13.2. The van der Waals surface area contributed by atoms with Gasteiger partial charge < -0.3 is 5.32 Å². The van der Waals surface area contributed by atoms with Crippen LogP contribution in [0.5, 0.6) is 0 Å². The molecule has 1 unspecified atom stereocenters. The highest BCUT2D eigenvalue weighted by molar-refractivity contribution is 5.87. The largest absolute Gasteiger partial charge is 0.350 e. The van der Waals surface area contributed by atoms with Crippen molar-refractivity contribution in [2.24, 2.45) is 0 Å². The second-order valence-electron chi connectivity index (χ2n) is 3.96. The van der Waals surface area contributed by atoms with Crippen LogP contribution in [-0.2, 0) is 11.2 Å². The van der Waals surface area contributed by atoms with Gasteiger partial charge in [-0.1, -0.05) is 43.0 Å². The first-order valence-electron chi connectivity index (χ1n) is 5.84. The number of hydrogen-bond acceptors (Lipinski definition) is 1. The molecule has 2 nitrogen and oxygen atoms in total. The Balaban J connectivity index is 2.46. The second-order valence-corrected chi connectivity index (χ2v) is 3.96. The normalized spacial score (nSPS) is 11.5. The predicted octanol–water partition coefficient (Wildman–Crippen LogP) is 2.87. The summed E-state index contributed by atoms with van der Waals surface area (Å²) in [6.07, 6.45) is 5.79. The van der Waals surface area contributed by atoms with E-state index in [2.05, 4.69) is 30.6 Å². The maximum Gasteiger partial charge on any atom is 0.243 e. The Labute approximate surface area is 103 Å². The molecule has 2 heteroatoms. The van der Waals surface area contributed by atoms with Gasteiger partial charge in [-0.2, -0.15) is 0 Å². The Morgan fingerprint density at radius 3 is 2.59 bits per heavy atom. The minimum Gasteiger partial charge on any atom is -0.350 e. The van der Waals surface area contributed by atoms with Gasteiger partial charge in [-0.05, 0) is 30.9 Å². The van der Waals surface area contributed by atoms with Crippen LogP contribution in [0.25, 0.3) is 0 Å². The summed E-state index contributed by atoms with van der Waals surface area (Å²) in [5.74, 6) is -0.120. The van der Waals surface area contributed by atoms with Gasteiger partial charge in [0.25, 0.3) is 0 Å². The molecule has 0 spiro atoms. The van der Waals surface area contributed by atoms with E-state index in [0.717, 1.165) is 19.3 Å². The van der Waals surface area contributed by atoms with Gasteiger partial charge >= 0.3 is 0 Å². The summed E-state index contributed by atoms with van der Waals surface area (Å²) in [6.45, 7) is 7.17. The summed E-state index contributed by atoms with van der Waals surface area (Å²) in [7, 11) is 0. The van der Waals surface area contributed by atoms with Crippen molar-refractivity contribution in [3.05, 3.63) is 61.2 Å². The van der Waals surface area contributed by atoms with Crippen molar-refractivity contribution in [3.63, 3.8) is 0 Å². The molecular weight excluding hydrogens is 210 g/mol. The lowest BCUT2D eigenvalue weighted by atomic mass is 10.0. The third-order valence-corrected chi connectivity index (χ3v) is 2.61. The molecule has 0 saturated heterocycles. The molecule has 90 valence electrons. The molecular formula is C15H19NO. The zero-order valence-electron chi connectivity index (χ0n) is 10.1. The van der Waals surface area contributed by atoms with Crippen LogP contribution in [0.15, 0.2) is 55.6 Å². The number of benzene rings is 1. The molecule has 0 radical (unpaired) electrons. The van der Waals surface area contributed by atoms with Gasteiger partial charge in [-0.3, -0.25) is 4.79 Å². The molecule has 1 atom stereocenters. The average Bonchev–Trinajstić information content (AvgIpc) is 2.37.